The summed E-state index contributed by atoms with van der Waals surface area (Å²) >= 11 is 0. The van der Waals surface area contributed by atoms with E-state index in [2.05, 4.69) is 29.0 Å². The SMILES string of the molecule is CCNC(=NCCN1CCCC(C)C1)N1CC[C@@H](O)C1.I. The average molecular weight is 410 g/mol. The molecule has 0 saturated carbocycles. The van der Waals surface area contributed by atoms with Crippen molar-refractivity contribution >= 4 is 29.9 Å². The first-order valence-electron chi connectivity index (χ1n) is 8.12. The Balaban J connectivity index is 0.00000220. The monoisotopic (exact) mass is 410 g/mol. The number of likely N-dealkylation sites (tertiary alicyclic amines) is 2. The van der Waals surface area contributed by atoms with Gasteiger partial charge >= 0.3 is 0 Å². The molecule has 1 unspecified atom stereocenters. The van der Waals surface area contributed by atoms with Crippen LogP contribution in [-0.4, -0.2) is 72.8 Å². The summed E-state index contributed by atoms with van der Waals surface area (Å²) in [6, 6.07) is 0. The van der Waals surface area contributed by atoms with E-state index in [0.29, 0.717) is 6.54 Å². The van der Waals surface area contributed by atoms with Crippen molar-refractivity contribution in [2.75, 3.05) is 45.8 Å². The van der Waals surface area contributed by atoms with Crippen LogP contribution in [0.25, 0.3) is 0 Å². The van der Waals surface area contributed by atoms with Crippen molar-refractivity contribution < 1.29 is 5.11 Å². The standard InChI is InChI=1S/C15H30N4O.HI/c1-3-16-15(19-9-6-14(20)12-19)17-7-10-18-8-4-5-13(2)11-18;/h13-14,20H,3-12H2,1-2H3,(H,16,17);1H/t13?,14-;/m1./s1. The molecule has 6 heteroatoms. The fourth-order valence-electron chi connectivity index (χ4n) is 3.15. The van der Waals surface area contributed by atoms with Gasteiger partial charge in [0, 0.05) is 32.7 Å². The van der Waals surface area contributed by atoms with E-state index >= 15 is 0 Å². The molecular formula is C15H31IN4O. The maximum absolute atomic E-state index is 9.64. The minimum Gasteiger partial charge on any atom is -0.391 e. The van der Waals surface area contributed by atoms with Gasteiger partial charge < -0.3 is 20.2 Å². The summed E-state index contributed by atoms with van der Waals surface area (Å²) in [5, 5.41) is 13.0. The highest BCUT2D eigenvalue weighted by molar-refractivity contribution is 14.0. The molecule has 2 N–H and O–H groups in total. The fraction of sp³-hybridized carbons (Fsp3) is 0.933. The van der Waals surface area contributed by atoms with Crippen molar-refractivity contribution in [3.05, 3.63) is 0 Å². The van der Waals surface area contributed by atoms with Crippen LogP contribution in [0.5, 0.6) is 0 Å². The molecule has 124 valence electrons. The van der Waals surface area contributed by atoms with Crippen molar-refractivity contribution in [3.8, 4) is 0 Å². The Morgan fingerprint density at radius 3 is 2.71 bits per heavy atom. The molecule has 2 heterocycles. The van der Waals surface area contributed by atoms with Gasteiger partial charge in [0.25, 0.3) is 0 Å². The molecule has 2 atom stereocenters. The molecule has 2 aliphatic heterocycles. The first-order valence-corrected chi connectivity index (χ1v) is 8.12. The second kappa shape index (κ2) is 9.84. The van der Waals surface area contributed by atoms with E-state index in [1.54, 1.807) is 0 Å². The highest BCUT2D eigenvalue weighted by Crippen LogP contribution is 2.15. The van der Waals surface area contributed by atoms with Crippen molar-refractivity contribution in [1.82, 2.24) is 15.1 Å². The Kier molecular flexibility index (Phi) is 8.89. The number of guanidine groups is 1. The van der Waals surface area contributed by atoms with Crippen LogP contribution >= 0.6 is 24.0 Å². The molecule has 0 aliphatic carbocycles. The van der Waals surface area contributed by atoms with E-state index in [1.165, 1.54) is 25.9 Å². The Bertz CT molecular complexity index is 327. The summed E-state index contributed by atoms with van der Waals surface area (Å²) in [5.41, 5.74) is 0. The molecule has 5 nitrogen and oxygen atoms in total. The fourth-order valence-corrected chi connectivity index (χ4v) is 3.15. The number of rotatable bonds is 4. The van der Waals surface area contributed by atoms with Gasteiger partial charge in [-0.05, 0) is 38.6 Å². The Hall–Kier alpha value is -0.0800. The average Bonchev–Trinajstić information content (AvgIpc) is 2.84. The van der Waals surface area contributed by atoms with E-state index in [4.69, 9.17) is 4.99 Å². The van der Waals surface area contributed by atoms with Crippen LogP contribution in [0.3, 0.4) is 0 Å². The van der Waals surface area contributed by atoms with E-state index < -0.39 is 0 Å². The summed E-state index contributed by atoms with van der Waals surface area (Å²) in [7, 11) is 0. The largest absolute Gasteiger partial charge is 0.391 e. The zero-order valence-electron chi connectivity index (χ0n) is 13.4. The van der Waals surface area contributed by atoms with E-state index in [1.807, 2.05) is 0 Å². The van der Waals surface area contributed by atoms with Gasteiger partial charge in [-0.25, -0.2) is 0 Å². The molecule has 0 aromatic rings. The van der Waals surface area contributed by atoms with Crippen LogP contribution in [0, 0.1) is 5.92 Å². The number of β-amino-alcohol motifs (C(OH)–C–C–N with tert-alkyl or cyclic N) is 1. The number of hydrogen-bond donors (Lipinski definition) is 2. The van der Waals surface area contributed by atoms with Gasteiger partial charge in [-0.15, -0.1) is 24.0 Å². The molecule has 0 spiro atoms. The smallest absolute Gasteiger partial charge is 0.194 e. The molecule has 0 bridgehead atoms. The van der Waals surface area contributed by atoms with Gasteiger partial charge in [0.2, 0.25) is 0 Å². The number of nitrogens with zero attached hydrogens (tertiary/aromatic N) is 3. The first kappa shape index (κ1) is 19.0. The third-order valence-corrected chi connectivity index (χ3v) is 4.22. The van der Waals surface area contributed by atoms with Gasteiger partial charge in [-0.1, -0.05) is 6.92 Å². The zero-order valence-corrected chi connectivity index (χ0v) is 15.8. The quantitative estimate of drug-likeness (QED) is 0.418. The number of aliphatic hydroxyl groups is 1. The van der Waals surface area contributed by atoms with Crippen LogP contribution in [0.1, 0.15) is 33.1 Å². The molecule has 0 radical (unpaired) electrons. The van der Waals surface area contributed by atoms with Crippen molar-refractivity contribution in [2.24, 2.45) is 10.9 Å². The van der Waals surface area contributed by atoms with Crippen LogP contribution in [0.4, 0.5) is 0 Å². The minimum atomic E-state index is -0.193. The van der Waals surface area contributed by atoms with Crippen molar-refractivity contribution in [1.29, 1.82) is 0 Å². The van der Waals surface area contributed by atoms with Gasteiger partial charge in [-0.3, -0.25) is 4.99 Å². The van der Waals surface area contributed by atoms with Gasteiger partial charge in [-0.2, -0.15) is 0 Å². The molecule has 2 rings (SSSR count). The summed E-state index contributed by atoms with van der Waals surface area (Å²) < 4.78 is 0. The third kappa shape index (κ3) is 6.28. The highest BCUT2D eigenvalue weighted by atomic mass is 127. The number of piperidine rings is 1. The Labute approximate surface area is 146 Å². The third-order valence-electron chi connectivity index (χ3n) is 4.22. The highest BCUT2D eigenvalue weighted by Gasteiger charge is 2.23. The van der Waals surface area contributed by atoms with Crippen molar-refractivity contribution in [2.45, 2.75) is 39.2 Å². The lowest BCUT2D eigenvalue weighted by Gasteiger charge is -2.30. The number of aliphatic hydroxyl groups excluding tert-OH is 1. The minimum absolute atomic E-state index is 0. The summed E-state index contributed by atoms with van der Waals surface area (Å²) in [6.07, 6.45) is 3.35. The Morgan fingerprint density at radius 1 is 1.29 bits per heavy atom. The molecule has 0 amide bonds. The molecule has 2 aliphatic rings. The lowest BCUT2D eigenvalue weighted by Crippen LogP contribution is -2.41. The molecule has 2 saturated heterocycles. The van der Waals surface area contributed by atoms with Crippen LogP contribution in [0.15, 0.2) is 4.99 Å². The second-order valence-electron chi connectivity index (χ2n) is 6.17. The number of hydrogen-bond acceptors (Lipinski definition) is 3. The maximum atomic E-state index is 9.64. The molecule has 0 aromatic heterocycles. The predicted octanol–water partition coefficient (Wildman–Crippen LogP) is 1.37. The molecule has 21 heavy (non-hydrogen) atoms. The van der Waals surface area contributed by atoms with E-state index in [9.17, 15) is 5.11 Å². The lowest BCUT2D eigenvalue weighted by atomic mass is 10.0. The van der Waals surface area contributed by atoms with Crippen LogP contribution in [-0.2, 0) is 0 Å². The van der Waals surface area contributed by atoms with E-state index in [0.717, 1.165) is 44.5 Å². The zero-order chi connectivity index (χ0) is 14.4. The van der Waals surface area contributed by atoms with E-state index in [-0.39, 0.29) is 30.1 Å². The molecule has 0 aromatic carbocycles. The van der Waals surface area contributed by atoms with Gasteiger partial charge in [0.15, 0.2) is 5.96 Å². The second-order valence-corrected chi connectivity index (χ2v) is 6.17. The van der Waals surface area contributed by atoms with Crippen LogP contribution < -0.4 is 5.32 Å². The number of nitrogens with one attached hydrogen (secondary N) is 1. The summed E-state index contributed by atoms with van der Waals surface area (Å²) in [5.74, 6) is 1.80. The van der Waals surface area contributed by atoms with Gasteiger partial charge in [0.1, 0.15) is 0 Å². The number of halogens is 1. The summed E-state index contributed by atoms with van der Waals surface area (Å²) in [4.78, 5) is 9.43. The van der Waals surface area contributed by atoms with Crippen molar-refractivity contribution in [3.63, 3.8) is 0 Å². The number of aliphatic imine (C=N–C) groups is 1. The van der Waals surface area contributed by atoms with Crippen LogP contribution in [0.2, 0.25) is 0 Å². The normalized spacial score (nSPS) is 27.6. The Morgan fingerprint density at radius 2 is 2.10 bits per heavy atom. The maximum Gasteiger partial charge on any atom is 0.194 e. The first-order chi connectivity index (χ1) is 9.69. The summed E-state index contributed by atoms with van der Waals surface area (Å²) in [6.45, 7) is 11.3. The predicted molar refractivity (Wildman–Crippen MR) is 98.4 cm³/mol. The lowest BCUT2D eigenvalue weighted by molar-refractivity contribution is 0.186. The topological polar surface area (TPSA) is 51.1 Å². The van der Waals surface area contributed by atoms with Gasteiger partial charge in [0.05, 0.1) is 12.6 Å². The molecule has 2 fully saturated rings. The molecular weight excluding hydrogens is 379 g/mol.